The van der Waals surface area contributed by atoms with Gasteiger partial charge in [0.1, 0.15) is 11.9 Å². The molecule has 4 N–H and O–H groups in total. The standard InChI is InChI=1S/C23H24FN5O2/c1-4-27-21-14(10-25)7-19-22(31-13(3)29-19)17-6-5-16(24)9-18(17)12(2)30-20-8-15(21)11-28-23(20)26/h5-6,8-12,25,27H,4,7H2,1-3H3,(H2,26,28)/b21-14-,25-10?. The number of hydrogen-bond acceptors (Lipinski definition) is 7. The maximum atomic E-state index is 14.2. The number of hydrogen-bond donors (Lipinski definition) is 3. The maximum absolute atomic E-state index is 14.2. The molecule has 2 aromatic heterocycles. The highest BCUT2D eigenvalue weighted by molar-refractivity contribution is 5.90. The number of benzene rings is 1. The van der Waals surface area contributed by atoms with E-state index in [1.165, 1.54) is 18.3 Å². The Bertz CT molecular complexity index is 1180. The molecule has 0 radical (unpaired) electrons. The first kappa shape index (κ1) is 20.6. The smallest absolute Gasteiger partial charge is 0.192 e. The Morgan fingerprint density at radius 1 is 1.35 bits per heavy atom. The van der Waals surface area contributed by atoms with Crippen molar-refractivity contribution in [2.24, 2.45) is 0 Å². The topological polar surface area (TPSA) is 110 Å². The minimum atomic E-state index is -0.531. The van der Waals surface area contributed by atoms with Crippen LogP contribution in [0.2, 0.25) is 0 Å². The predicted octanol–water partition coefficient (Wildman–Crippen LogP) is 4.43. The lowest BCUT2D eigenvalue weighted by molar-refractivity contribution is 0.227. The Hall–Kier alpha value is -3.68. The second kappa shape index (κ2) is 8.22. The van der Waals surface area contributed by atoms with Gasteiger partial charge in [0.05, 0.1) is 5.69 Å². The van der Waals surface area contributed by atoms with Crippen LogP contribution in [-0.2, 0) is 6.42 Å². The second-order valence-electron chi connectivity index (χ2n) is 7.36. The number of aryl methyl sites for hydroxylation is 1. The van der Waals surface area contributed by atoms with Gasteiger partial charge >= 0.3 is 0 Å². The number of allylic oxidation sites excluding steroid dienone is 1. The average molecular weight is 421 g/mol. The van der Waals surface area contributed by atoms with Crippen LogP contribution in [0, 0.1) is 18.2 Å². The third-order valence-electron chi connectivity index (χ3n) is 5.18. The molecule has 0 spiro atoms. The summed E-state index contributed by atoms with van der Waals surface area (Å²) in [5, 5.41) is 11.4. The van der Waals surface area contributed by atoms with Gasteiger partial charge in [0, 0.05) is 54.7 Å². The van der Waals surface area contributed by atoms with E-state index in [9.17, 15) is 4.39 Å². The highest BCUT2D eigenvalue weighted by Gasteiger charge is 2.24. The molecule has 8 heteroatoms. The Kier molecular flexibility index (Phi) is 5.46. The maximum Gasteiger partial charge on any atom is 0.192 e. The third-order valence-corrected chi connectivity index (χ3v) is 5.18. The van der Waals surface area contributed by atoms with Crippen LogP contribution < -0.4 is 15.8 Å². The SMILES string of the molecule is CCN/C1=C(\C=N)Cc2nc(C)oc2-c2ccc(F)cc2C(C)Oc2cc1cnc2N. The van der Waals surface area contributed by atoms with Crippen LogP contribution in [-0.4, -0.2) is 22.7 Å². The zero-order valence-electron chi connectivity index (χ0n) is 17.6. The average Bonchev–Trinajstić information content (AvgIpc) is 3.11. The number of nitrogen functional groups attached to an aromatic ring is 1. The van der Waals surface area contributed by atoms with Gasteiger partial charge in [-0.1, -0.05) is 0 Å². The van der Waals surface area contributed by atoms with Gasteiger partial charge in [-0.15, -0.1) is 0 Å². The van der Waals surface area contributed by atoms with Crippen molar-refractivity contribution in [2.45, 2.75) is 33.3 Å². The van der Waals surface area contributed by atoms with Crippen LogP contribution in [0.25, 0.3) is 17.0 Å². The lowest BCUT2D eigenvalue weighted by Crippen LogP contribution is -2.17. The Labute approximate surface area is 179 Å². The summed E-state index contributed by atoms with van der Waals surface area (Å²) in [6, 6.07) is 6.26. The van der Waals surface area contributed by atoms with Crippen molar-refractivity contribution >= 4 is 17.7 Å². The molecule has 4 rings (SSSR count). The van der Waals surface area contributed by atoms with Crippen LogP contribution in [0.3, 0.4) is 0 Å². The largest absolute Gasteiger partial charge is 0.482 e. The molecule has 0 amide bonds. The van der Waals surface area contributed by atoms with E-state index in [0.717, 1.165) is 11.3 Å². The molecule has 3 heterocycles. The number of aromatic nitrogens is 2. The number of pyridine rings is 1. The van der Waals surface area contributed by atoms with Crippen LogP contribution in [0.4, 0.5) is 10.2 Å². The number of rotatable bonds is 3. The van der Waals surface area contributed by atoms with E-state index in [1.54, 1.807) is 25.3 Å². The minimum Gasteiger partial charge on any atom is -0.482 e. The first-order valence-electron chi connectivity index (χ1n) is 10.1. The number of anilines is 1. The molecule has 2 bridgehead atoms. The molecular formula is C23H24FN5O2. The van der Waals surface area contributed by atoms with Crippen LogP contribution in [0.1, 0.15) is 42.7 Å². The molecule has 3 aromatic rings. The molecule has 1 aliphatic rings. The fourth-order valence-electron chi connectivity index (χ4n) is 3.79. The fourth-order valence-corrected chi connectivity index (χ4v) is 3.79. The molecule has 1 unspecified atom stereocenters. The molecule has 160 valence electrons. The summed E-state index contributed by atoms with van der Waals surface area (Å²) in [5.74, 6) is 1.26. The molecule has 0 saturated carbocycles. The van der Waals surface area contributed by atoms with Gasteiger partial charge in [-0.3, -0.25) is 0 Å². The molecule has 1 aliphatic heterocycles. The van der Waals surface area contributed by atoms with Gasteiger partial charge in [-0.25, -0.2) is 14.4 Å². The van der Waals surface area contributed by atoms with Crippen molar-refractivity contribution in [3.05, 3.63) is 64.6 Å². The van der Waals surface area contributed by atoms with E-state index in [-0.39, 0.29) is 11.6 Å². The van der Waals surface area contributed by atoms with Crippen molar-refractivity contribution in [3.63, 3.8) is 0 Å². The lowest BCUT2D eigenvalue weighted by Gasteiger charge is -2.21. The van der Waals surface area contributed by atoms with Gasteiger partial charge in [0.2, 0.25) is 0 Å². The number of nitrogens with one attached hydrogen (secondary N) is 2. The van der Waals surface area contributed by atoms with E-state index in [0.29, 0.717) is 52.8 Å². The summed E-state index contributed by atoms with van der Waals surface area (Å²) in [7, 11) is 0. The van der Waals surface area contributed by atoms with Crippen LogP contribution >= 0.6 is 0 Å². The van der Waals surface area contributed by atoms with Gasteiger partial charge < -0.3 is 25.6 Å². The minimum absolute atomic E-state index is 0.231. The zero-order chi connectivity index (χ0) is 22.1. The number of nitrogens with two attached hydrogens (primary N) is 1. The molecule has 0 saturated heterocycles. The quantitative estimate of drug-likeness (QED) is 0.540. The first-order valence-corrected chi connectivity index (χ1v) is 10.1. The van der Waals surface area contributed by atoms with Gasteiger partial charge in [0.25, 0.3) is 0 Å². The molecule has 31 heavy (non-hydrogen) atoms. The molecule has 1 atom stereocenters. The number of oxazole rings is 1. The normalized spacial score (nSPS) is 18.1. The molecule has 7 nitrogen and oxygen atoms in total. The molecular weight excluding hydrogens is 397 g/mol. The molecule has 1 aromatic carbocycles. The summed E-state index contributed by atoms with van der Waals surface area (Å²) >= 11 is 0. The summed E-state index contributed by atoms with van der Waals surface area (Å²) in [6.45, 7) is 6.21. The summed E-state index contributed by atoms with van der Waals surface area (Å²) in [6.07, 6.45) is 2.76. The number of halogens is 1. The van der Waals surface area contributed by atoms with E-state index in [1.807, 2.05) is 13.8 Å². The van der Waals surface area contributed by atoms with Crippen molar-refractivity contribution in [2.75, 3.05) is 12.3 Å². The predicted molar refractivity (Wildman–Crippen MR) is 117 cm³/mol. The third kappa shape index (κ3) is 3.88. The molecule has 0 aliphatic carbocycles. The van der Waals surface area contributed by atoms with E-state index >= 15 is 0 Å². The van der Waals surface area contributed by atoms with Crippen LogP contribution in [0.15, 0.2) is 40.5 Å². The van der Waals surface area contributed by atoms with Gasteiger partial charge in [0.15, 0.2) is 23.2 Å². The first-order chi connectivity index (χ1) is 14.9. The second-order valence-corrected chi connectivity index (χ2v) is 7.36. The van der Waals surface area contributed by atoms with Crippen LogP contribution in [0.5, 0.6) is 5.75 Å². The summed E-state index contributed by atoms with van der Waals surface area (Å²) < 4.78 is 26.2. The van der Waals surface area contributed by atoms with Gasteiger partial charge in [-0.2, -0.15) is 0 Å². The number of nitrogens with zero attached hydrogens (tertiary/aromatic N) is 2. The number of ether oxygens (including phenoxy) is 1. The fraction of sp³-hybridized carbons (Fsp3) is 0.261. The van der Waals surface area contributed by atoms with Crippen molar-refractivity contribution < 1.29 is 13.5 Å². The van der Waals surface area contributed by atoms with E-state index < -0.39 is 6.10 Å². The van der Waals surface area contributed by atoms with Crippen molar-refractivity contribution in [1.29, 1.82) is 5.41 Å². The van der Waals surface area contributed by atoms with Crippen molar-refractivity contribution in [3.8, 4) is 17.1 Å². The highest BCUT2D eigenvalue weighted by atomic mass is 19.1. The Morgan fingerprint density at radius 2 is 2.16 bits per heavy atom. The van der Waals surface area contributed by atoms with Crippen molar-refractivity contribution in [1.82, 2.24) is 15.3 Å². The molecule has 0 fully saturated rings. The summed E-state index contributed by atoms with van der Waals surface area (Å²) in [4.78, 5) is 8.84. The van der Waals surface area contributed by atoms with Gasteiger partial charge in [-0.05, 0) is 43.7 Å². The Morgan fingerprint density at radius 3 is 2.90 bits per heavy atom. The zero-order valence-corrected chi connectivity index (χ0v) is 17.6. The Balaban J connectivity index is 2.03. The van der Waals surface area contributed by atoms with E-state index in [4.69, 9.17) is 20.3 Å². The lowest BCUT2D eigenvalue weighted by atomic mass is 9.96. The summed E-state index contributed by atoms with van der Waals surface area (Å²) in [5.41, 5.74) is 10.2. The highest BCUT2D eigenvalue weighted by Crippen LogP contribution is 2.37. The monoisotopic (exact) mass is 421 g/mol. The van der Waals surface area contributed by atoms with E-state index in [2.05, 4.69) is 15.3 Å². The number of fused-ring (bicyclic) bond motifs is 5.